The molecule has 1 aromatic heterocycles. The van der Waals surface area contributed by atoms with Crippen molar-refractivity contribution in [2.24, 2.45) is 0 Å². The van der Waals surface area contributed by atoms with Crippen LogP contribution >= 0.6 is 12.6 Å². The Balaban J connectivity index is 1.84. The first-order chi connectivity index (χ1) is 16.5. The van der Waals surface area contributed by atoms with E-state index in [1.165, 1.54) is 35.8 Å². The van der Waals surface area contributed by atoms with Crippen LogP contribution in [0.3, 0.4) is 0 Å². The van der Waals surface area contributed by atoms with Gasteiger partial charge in [-0.25, -0.2) is 8.42 Å². The fourth-order valence-electron chi connectivity index (χ4n) is 3.94. The molecule has 0 atom stereocenters. The van der Waals surface area contributed by atoms with Crippen molar-refractivity contribution in [3.8, 4) is 16.9 Å². The molecule has 0 radical (unpaired) electrons. The summed E-state index contributed by atoms with van der Waals surface area (Å²) in [5, 5.41) is 9.72. The van der Waals surface area contributed by atoms with Crippen molar-refractivity contribution < 1.29 is 30.9 Å². The number of hydrogen-bond donors (Lipinski definition) is 3. The summed E-state index contributed by atoms with van der Waals surface area (Å²) in [5.41, 5.74) is 2.71. The molecule has 4 rings (SSSR count). The van der Waals surface area contributed by atoms with Gasteiger partial charge in [0.05, 0.1) is 11.3 Å². The van der Waals surface area contributed by atoms with Gasteiger partial charge in [0.15, 0.2) is 0 Å². The molecule has 35 heavy (non-hydrogen) atoms. The molecular formula is C24H21NO7S3. The summed E-state index contributed by atoms with van der Waals surface area (Å²) < 4.78 is 55.4. The van der Waals surface area contributed by atoms with Gasteiger partial charge in [-0.3, -0.25) is 4.79 Å². The number of carboxylic acid groups (broad SMARTS) is 1. The van der Waals surface area contributed by atoms with Crippen molar-refractivity contribution in [2.45, 2.75) is 29.0 Å². The molecule has 0 bridgehead atoms. The van der Waals surface area contributed by atoms with Crippen molar-refractivity contribution >= 4 is 50.3 Å². The minimum Gasteiger partial charge on any atom is -0.480 e. The monoisotopic (exact) mass is 531 g/mol. The third kappa shape index (κ3) is 5.37. The van der Waals surface area contributed by atoms with Crippen LogP contribution in [-0.4, -0.2) is 32.5 Å². The second kappa shape index (κ2) is 9.76. The van der Waals surface area contributed by atoms with Gasteiger partial charge in [-0.2, -0.15) is 8.42 Å². The molecule has 0 unspecified atom stereocenters. The van der Waals surface area contributed by atoms with Gasteiger partial charge in [-0.1, -0.05) is 30.3 Å². The van der Waals surface area contributed by atoms with Crippen LogP contribution in [0.2, 0.25) is 0 Å². The largest absolute Gasteiger partial charge is 0.480 e. The minimum absolute atomic E-state index is 0.00680. The highest BCUT2D eigenvalue weighted by Crippen LogP contribution is 2.35. The smallest absolute Gasteiger partial charge is 0.341 e. The van der Waals surface area contributed by atoms with Gasteiger partial charge in [-0.15, -0.1) is 12.6 Å². The third-order valence-corrected chi connectivity index (χ3v) is 7.76. The number of benzene rings is 3. The molecule has 11 heteroatoms. The first kappa shape index (κ1) is 24.8. The quantitative estimate of drug-likeness (QED) is 0.233. The number of rotatable bonds is 8. The maximum atomic E-state index is 13.4. The number of fused-ring (bicyclic) bond motifs is 1. The highest BCUT2D eigenvalue weighted by atomic mass is 32.2. The standard InChI is InChI=1S/C24H21NO7S3/c1-15-24(35(30,31)32-19-8-5-16(6-9-19)14-34(28)29)21-12-18(17-3-2-4-20(33)11-17)7-10-22(21)25(15)13-23(26)27/h2-12,33-34H,13-14H2,1H3,(H,26,27). The summed E-state index contributed by atoms with van der Waals surface area (Å²) in [6.45, 7) is 1.10. The van der Waals surface area contributed by atoms with E-state index in [-0.39, 0.29) is 22.1 Å². The number of thiol groups is 2. The average molecular weight is 532 g/mol. The van der Waals surface area contributed by atoms with E-state index in [2.05, 4.69) is 12.6 Å². The van der Waals surface area contributed by atoms with Crippen molar-refractivity contribution in [3.05, 3.63) is 78.0 Å². The molecule has 4 aromatic rings. The number of nitrogens with zero attached hydrogens (tertiary/aromatic N) is 1. The van der Waals surface area contributed by atoms with Crippen molar-refractivity contribution in [2.75, 3.05) is 0 Å². The number of hydrogen-bond acceptors (Lipinski definition) is 7. The Morgan fingerprint density at radius 3 is 2.34 bits per heavy atom. The molecule has 0 amide bonds. The maximum absolute atomic E-state index is 13.4. The van der Waals surface area contributed by atoms with Crippen LogP contribution in [0.15, 0.2) is 76.5 Å². The maximum Gasteiger partial charge on any atom is 0.341 e. The van der Waals surface area contributed by atoms with E-state index >= 15 is 0 Å². The van der Waals surface area contributed by atoms with Crippen molar-refractivity contribution in [3.63, 3.8) is 0 Å². The van der Waals surface area contributed by atoms with E-state index in [0.717, 1.165) is 16.0 Å². The zero-order valence-corrected chi connectivity index (χ0v) is 21.0. The van der Waals surface area contributed by atoms with E-state index in [1.807, 2.05) is 24.3 Å². The van der Waals surface area contributed by atoms with Gasteiger partial charge >= 0.3 is 16.1 Å². The van der Waals surface area contributed by atoms with Gasteiger partial charge in [0.1, 0.15) is 27.9 Å². The zero-order chi connectivity index (χ0) is 25.3. The van der Waals surface area contributed by atoms with Crippen LogP contribution in [-0.2, 0) is 37.9 Å². The van der Waals surface area contributed by atoms with Crippen molar-refractivity contribution in [1.29, 1.82) is 0 Å². The normalized spacial score (nSPS) is 11.7. The highest BCUT2D eigenvalue weighted by molar-refractivity contribution is 7.87. The lowest BCUT2D eigenvalue weighted by Gasteiger charge is -2.09. The van der Waals surface area contributed by atoms with E-state index in [4.69, 9.17) is 4.18 Å². The van der Waals surface area contributed by atoms with Gasteiger partial charge in [0, 0.05) is 16.0 Å². The van der Waals surface area contributed by atoms with Crippen LogP contribution in [0, 0.1) is 6.92 Å². The number of aliphatic carboxylic acids is 1. The van der Waals surface area contributed by atoms with E-state index in [9.17, 15) is 26.7 Å². The van der Waals surface area contributed by atoms with Crippen LogP contribution < -0.4 is 4.18 Å². The lowest BCUT2D eigenvalue weighted by molar-refractivity contribution is -0.137. The molecule has 0 saturated carbocycles. The fraction of sp³-hybridized carbons (Fsp3) is 0.125. The minimum atomic E-state index is -4.38. The molecule has 0 spiro atoms. The number of carboxylic acids is 1. The third-order valence-electron chi connectivity index (χ3n) is 5.43. The Kier molecular flexibility index (Phi) is 6.93. The Morgan fingerprint density at radius 1 is 1.03 bits per heavy atom. The first-order valence-corrected chi connectivity index (χ1v) is 13.6. The topological polar surface area (TPSA) is 120 Å². The van der Waals surface area contributed by atoms with Crippen LogP contribution in [0.1, 0.15) is 11.3 Å². The van der Waals surface area contributed by atoms with Gasteiger partial charge in [0.25, 0.3) is 0 Å². The molecule has 8 nitrogen and oxygen atoms in total. The van der Waals surface area contributed by atoms with Crippen molar-refractivity contribution in [1.82, 2.24) is 4.57 Å². The molecular weight excluding hydrogens is 510 g/mol. The molecule has 0 fully saturated rings. The van der Waals surface area contributed by atoms with Crippen LogP contribution in [0.5, 0.6) is 5.75 Å². The summed E-state index contributed by atoms with van der Waals surface area (Å²) in [7, 11) is -6.99. The summed E-state index contributed by atoms with van der Waals surface area (Å²) >= 11 is 4.36. The molecule has 182 valence electrons. The summed E-state index contributed by atoms with van der Waals surface area (Å²) in [4.78, 5) is 12.1. The second-order valence-corrected chi connectivity index (χ2v) is 10.8. The van der Waals surface area contributed by atoms with E-state index in [0.29, 0.717) is 16.5 Å². The average Bonchev–Trinajstić information content (AvgIpc) is 3.05. The lowest BCUT2D eigenvalue weighted by atomic mass is 10.0. The Labute approximate surface area is 209 Å². The summed E-state index contributed by atoms with van der Waals surface area (Å²) in [5.74, 6) is -1.28. The Morgan fingerprint density at radius 2 is 1.71 bits per heavy atom. The summed E-state index contributed by atoms with van der Waals surface area (Å²) in [6, 6.07) is 18.2. The fourth-order valence-corrected chi connectivity index (χ4v) is 6.03. The number of carbonyl (C=O) groups is 1. The van der Waals surface area contributed by atoms with Gasteiger partial charge in [-0.05, 0) is 60.0 Å². The number of aromatic nitrogens is 1. The highest BCUT2D eigenvalue weighted by Gasteiger charge is 2.28. The lowest BCUT2D eigenvalue weighted by Crippen LogP contribution is -2.13. The molecule has 1 heterocycles. The van der Waals surface area contributed by atoms with E-state index in [1.54, 1.807) is 18.2 Å². The predicted octanol–water partition coefficient (Wildman–Crippen LogP) is 3.87. The predicted molar refractivity (Wildman–Crippen MR) is 135 cm³/mol. The zero-order valence-electron chi connectivity index (χ0n) is 18.4. The molecule has 0 aliphatic heterocycles. The molecule has 1 N–H and O–H groups in total. The van der Waals surface area contributed by atoms with Gasteiger partial charge in [0.2, 0.25) is 0 Å². The van der Waals surface area contributed by atoms with E-state index < -0.39 is 33.3 Å². The SMILES string of the molecule is Cc1c(S(=O)(=O)Oc2ccc(C[SH](=O)=O)cc2)c2cc(-c3cccc(S)c3)ccc2n1CC(=O)O. The summed E-state index contributed by atoms with van der Waals surface area (Å²) in [6.07, 6.45) is 0. The Bertz CT molecular complexity index is 1610. The van der Waals surface area contributed by atoms with Gasteiger partial charge < -0.3 is 13.9 Å². The molecule has 0 aliphatic carbocycles. The Hall–Kier alpha value is -3.28. The second-order valence-electron chi connectivity index (χ2n) is 7.85. The van der Waals surface area contributed by atoms with Crippen LogP contribution in [0.4, 0.5) is 0 Å². The molecule has 3 aromatic carbocycles. The van der Waals surface area contributed by atoms with Crippen LogP contribution in [0.25, 0.3) is 22.0 Å². The molecule has 0 aliphatic rings. The first-order valence-electron chi connectivity index (χ1n) is 10.3. The molecule has 0 saturated heterocycles.